The SMILES string of the molecule is CCC(CC)(CN)NS(=O)(=O)c1cccc(C(=O)OC)c1C. The van der Waals surface area contributed by atoms with Gasteiger partial charge in [-0.15, -0.1) is 0 Å². The van der Waals surface area contributed by atoms with Crippen LogP contribution in [0.4, 0.5) is 0 Å². The molecule has 0 fully saturated rings. The van der Waals surface area contributed by atoms with Crippen molar-refractivity contribution in [3.8, 4) is 0 Å². The summed E-state index contributed by atoms with van der Waals surface area (Å²) in [6.45, 7) is 5.56. The number of carbonyl (C=O) groups excluding carboxylic acids is 1. The lowest BCUT2D eigenvalue weighted by molar-refractivity contribution is 0.0599. The van der Waals surface area contributed by atoms with Crippen molar-refractivity contribution in [3.63, 3.8) is 0 Å². The fraction of sp³-hybridized carbons (Fsp3) is 0.533. The van der Waals surface area contributed by atoms with Gasteiger partial charge in [-0.25, -0.2) is 17.9 Å². The first kappa shape index (κ1) is 18.6. The number of benzene rings is 1. The van der Waals surface area contributed by atoms with Gasteiger partial charge in [-0.05, 0) is 37.5 Å². The fourth-order valence-corrected chi connectivity index (χ4v) is 4.12. The lowest BCUT2D eigenvalue weighted by Crippen LogP contribution is -2.52. The van der Waals surface area contributed by atoms with Gasteiger partial charge in [0.1, 0.15) is 0 Å². The average molecular weight is 328 g/mol. The highest BCUT2D eigenvalue weighted by atomic mass is 32.2. The van der Waals surface area contributed by atoms with E-state index in [1.165, 1.54) is 25.3 Å². The van der Waals surface area contributed by atoms with Crippen LogP contribution in [0.1, 0.15) is 42.6 Å². The molecular formula is C15H24N2O4S. The Kier molecular flexibility index (Phi) is 6.10. The topological polar surface area (TPSA) is 98.5 Å². The molecule has 0 bridgehead atoms. The molecule has 1 rings (SSSR count). The number of methoxy groups -OCH3 is 1. The van der Waals surface area contributed by atoms with Gasteiger partial charge >= 0.3 is 5.97 Å². The van der Waals surface area contributed by atoms with Gasteiger partial charge in [-0.3, -0.25) is 0 Å². The van der Waals surface area contributed by atoms with Crippen LogP contribution < -0.4 is 10.5 Å². The molecule has 0 unspecified atom stereocenters. The summed E-state index contributed by atoms with van der Waals surface area (Å²) >= 11 is 0. The van der Waals surface area contributed by atoms with Crippen molar-refractivity contribution in [2.75, 3.05) is 13.7 Å². The van der Waals surface area contributed by atoms with Crippen molar-refractivity contribution in [2.45, 2.75) is 44.0 Å². The summed E-state index contributed by atoms with van der Waals surface area (Å²) in [7, 11) is -2.53. The van der Waals surface area contributed by atoms with Crippen LogP contribution >= 0.6 is 0 Å². The highest BCUT2D eigenvalue weighted by molar-refractivity contribution is 7.89. The summed E-state index contributed by atoms with van der Waals surface area (Å²) in [5.41, 5.74) is 5.66. The number of nitrogens with two attached hydrogens (primary N) is 1. The first-order valence-electron chi connectivity index (χ1n) is 7.19. The summed E-state index contributed by atoms with van der Waals surface area (Å²) in [6.07, 6.45) is 1.16. The predicted octanol–water partition coefficient (Wildman–Crippen LogP) is 1.58. The van der Waals surface area contributed by atoms with Crippen LogP contribution in [0.2, 0.25) is 0 Å². The Balaban J connectivity index is 3.33. The molecule has 0 heterocycles. The molecule has 0 aliphatic heterocycles. The number of esters is 1. The number of hydrogen-bond acceptors (Lipinski definition) is 5. The summed E-state index contributed by atoms with van der Waals surface area (Å²) in [4.78, 5) is 11.8. The van der Waals surface area contributed by atoms with E-state index in [4.69, 9.17) is 5.73 Å². The smallest absolute Gasteiger partial charge is 0.338 e. The van der Waals surface area contributed by atoms with Crippen LogP contribution in [0.25, 0.3) is 0 Å². The van der Waals surface area contributed by atoms with Gasteiger partial charge in [-0.2, -0.15) is 0 Å². The largest absolute Gasteiger partial charge is 0.465 e. The van der Waals surface area contributed by atoms with E-state index in [2.05, 4.69) is 9.46 Å². The zero-order valence-electron chi connectivity index (χ0n) is 13.5. The normalized spacial score (nSPS) is 12.2. The number of hydrogen-bond donors (Lipinski definition) is 2. The monoisotopic (exact) mass is 328 g/mol. The number of carbonyl (C=O) groups is 1. The number of sulfonamides is 1. The summed E-state index contributed by atoms with van der Waals surface area (Å²) in [5.74, 6) is -0.564. The van der Waals surface area contributed by atoms with Gasteiger partial charge < -0.3 is 10.5 Å². The van der Waals surface area contributed by atoms with Gasteiger partial charge in [0, 0.05) is 12.1 Å². The van der Waals surface area contributed by atoms with E-state index in [0.717, 1.165) is 0 Å². The van der Waals surface area contributed by atoms with Crippen LogP contribution in [-0.4, -0.2) is 33.6 Å². The Hall–Kier alpha value is -1.44. The van der Waals surface area contributed by atoms with Crippen molar-refractivity contribution < 1.29 is 17.9 Å². The maximum absolute atomic E-state index is 12.7. The van der Waals surface area contributed by atoms with E-state index in [1.54, 1.807) is 6.92 Å². The number of ether oxygens (including phenoxy) is 1. The first-order valence-corrected chi connectivity index (χ1v) is 8.67. The quantitative estimate of drug-likeness (QED) is 0.740. The van der Waals surface area contributed by atoms with Crippen molar-refractivity contribution in [1.29, 1.82) is 0 Å². The van der Waals surface area contributed by atoms with E-state index in [1.807, 2.05) is 13.8 Å². The third kappa shape index (κ3) is 3.66. The Bertz CT molecular complexity index is 629. The molecule has 0 amide bonds. The molecule has 0 aliphatic carbocycles. The standard InChI is InChI=1S/C15H24N2O4S/c1-5-15(6-2,10-16)17-22(19,20)13-9-7-8-12(11(13)3)14(18)21-4/h7-9,17H,5-6,10,16H2,1-4H3. The van der Waals surface area contributed by atoms with Crippen molar-refractivity contribution in [2.24, 2.45) is 5.73 Å². The molecule has 6 nitrogen and oxygen atoms in total. The molecule has 0 saturated heterocycles. The number of nitrogens with one attached hydrogen (secondary N) is 1. The second-order valence-electron chi connectivity index (χ2n) is 5.22. The van der Waals surface area contributed by atoms with E-state index < -0.39 is 21.5 Å². The highest BCUT2D eigenvalue weighted by Crippen LogP contribution is 2.23. The number of rotatable bonds is 7. The molecule has 0 aliphatic rings. The lowest BCUT2D eigenvalue weighted by atomic mass is 9.95. The molecule has 22 heavy (non-hydrogen) atoms. The van der Waals surface area contributed by atoms with Crippen LogP contribution in [0.3, 0.4) is 0 Å². The zero-order valence-corrected chi connectivity index (χ0v) is 14.3. The Labute approximate surface area is 132 Å². The van der Waals surface area contributed by atoms with Gasteiger partial charge in [0.25, 0.3) is 0 Å². The fourth-order valence-electron chi connectivity index (χ4n) is 2.30. The third-order valence-corrected chi connectivity index (χ3v) is 5.80. The van der Waals surface area contributed by atoms with E-state index in [9.17, 15) is 13.2 Å². The molecule has 1 aromatic rings. The van der Waals surface area contributed by atoms with Crippen LogP contribution in [0.15, 0.2) is 23.1 Å². The molecule has 0 radical (unpaired) electrons. The minimum Gasteiger partial charge on any atom is -0.465 e. The second kappa shape index (κ2) is 7.21. The van der Waals surface area contributed by atoms with Gasteiger partial charge in [0.15, 0.2) is 0 Å². The van der Waals surface area contributed by atoms with Crippen LogP contribution in [0.5, 0.6) is 0 Å². The maximum atomic E-state index is 12.7. The molecule has 0 saturated carbocycles. The molecule has 1 aromatic carbocycles. The Morgan fingerprint density at radius 1 is 1.32 bits per heavy atom. The molecule has 3 N–H and O–H groups in total. The third-order valence-electron chi connectivity index (χ3n) is 4.07. The van der Waals surface area contributed by atoms with E-state index in [0.29, 0.717) is 18.4 Å². The van der Waals surface area contributed by atoms with Gasteiger partial charge in [0.2, 0.25) is 10.0 Å². The first-order chi connectivity index (χ1) is 10.3. The molecule has 7 heteroatoms. The van der Waals surface area contributed by atoms with Crippen molar-refractivity contribution >= 4 is 16.0 Å². The summed E-state index contributed by atoms with van der Waals surface area (Å²) in [5, 5.41) is 0. The maximum Gasteiger partial charge on any atom is 0.338 e. The Morgan fingerprint density at radius 2 is 1.91 bits per heavy atom. The molecule has 0 atom stereocenters. The second-order valence-corrected chi connectivity index (χ2v) is 6.87. The lowest BCUT2D eigenvalue weighted by Gasteiger charge is -2.31. The minimum atomic E-state index is -3.79. The predicted molar refractivity (Wildman–Crippen MR) is 85.2 cm³/mol. The molecule has 124 valence electrons. The molecule has 0 spiro atoms. The Morgan fingerprint density at radius 3 is 2.36 bits per heavy atom. The van der Waals surface area contributed by atoms with Crippen LogP contribution in [-0.2, 0) is 14.8 Å². The van der Waals surface area contributed by atoms with Crippen molar-refractivity contribution in [1.82, 2.24) is 4.72 Å². The van der Waals surface area contributed by atoms with Crippen molar-refractivity contribution in [3.05, 3.63) is 29.3 Å². The minimum absolute atomic E-state index is 0.0649. The highest BCUT2D eigenvalue weighted by Gasteiger charge is 2.32. The van der Waals surface area contributed by atoms with E-state index >= 15 is 0 Å². The molecular weight excluding hydrogens is 304 g/mol. The van der Waals surface area contributed by atoms with Gasteiger partial charge in [-0.1, -0.05) is 19.9 Å². The summed E-state index contributed by atoms with van der Waals surface area (Å²) in [6, 6.07) is 4.53. The van der Waals surface area contributed by atoms with Gasteiger partial charge in [0.05, 0.1) is 17.6 Å². The summed E-state index contributed by atoms with van der Waals surface area (Å²) < 4.78 is 32.7. The zero-order chi connectivity index (χ0) is 17.0. The average Bonchev–Trinajstić information content (AvgIpc) is 2.52. The van der Waals surface area contributed by atoms with Crippen LogP contribution in [0, 0.1) is 6.92 Å². The molecule has 0 aromatic heterocycles. The van der Waals surface area contributed by atoms with E-state index in [-0.39, 0.29) is 17.0 Å².